The van der Waals surface area contributed by atoms with E-state index in [0.29, 0.717) is 0 Å². The molecule has 0 amide bonds. The summed E-state index contributed by atoms with van der Waals surface area (Å²) in [6.45, 7) is 0. The zero-order valence-corrected chi connectivity index (χ0v) is 11.8. The summed E-state index contributed by atoms with van der Waals surface area (Å²) >= 11 is 0. The fourth-order valence-electron chi connectivity index (χ4n) is 3.11. The minimum Gasteiger partial charge on any atom is -0.398 e. The summed E-state index contributed by atoms with van der Waals surface area (Å²) < 4.78 is 0. The summed E-state index contributed by atoms with van der Waals surface area (Å²) in [5.74, 6) is 0. The van der Waals surface area contributed by atoms with E-state index in [1.165, 1.54) is 27.5 Å². The summed E-state index contributed by atoms with van der Waals surface area (Å²) in [5, 5.41) is 2.43. The Morgan fingerprint density at radius 3 is 2.52 bits per heavy atom. The van der Waals surface area contributed by atoms with E-state index < -0.39 is 0 Å². The molecule has 1 aliphatic carbocycles. The van der Waals surface area contributed by atoms with E-state index in [-0.39, 0.29) is 0 Å². The highest BCUT2D eigenvalue weighted by Gasteiger charge is 2.09. The fourth-order valence-corrected chi connectivity index (χ4v) is 3.11. The van der Waals surface area contributed by atoms with Gasteiger partial charge in [-0.1, -0.05) is 54.6 Å². The number of nitrogen functional groups attached to an aromatic ring is 1. The first-order valence-electron chi connectivity index (χ1n) is 7.39. The van der Waals surface area contributed by atoms with Crippen molar-refractivity contribution < 1.29 is 0 Å². The lowest BCUT2D eigenvalue weighted by Gasteiger charge is -2.14. The zero-order chi connectivity index (χ0) is 14.2. The Bertz CT molecular complexity index is 859. The second kappa shape index (κ2) is 4.78. The van der Waals surface area contributed by atoms with Gasteiger partial charge in [-0.05, 0) is 52.4 Å². The lowest BCUT2D eigenvalue weighted by atomic mass is 9.92. The number of nitrogens with two attached hydrogens (primary N) is 1. The monoisotopic (exact) mass is 271 g/mol. The molecule has 0 saturated heterocycles. The van der Waals surface area contributed by atoms with Gasteiger partial charge in [-0.2, -0.15) is 0 Å². The number of benzene rings is 3. The Kier molecular flexibility index (Phi) is 2.78. The minimum absolute atomic E-state index is 0.847. The van der Waals surface area contributed by atoms with Gasteiger partial charge in [0.15, 0.2) is 0 Å². The van der Waals surface area contributed by atoms with E-state index in [0.717, 1.165) is 24.1 Å². The molecule has 0 aliphatic heterocycles. The first-order chi connectivity index (χ1) is 10.3. The van der Waals surface area contributed by atoms with E-state index in [9.17, 15) is 0 Å². The highest BCUT2D eigenvalue weighted by atomic mass is 14.6. The van der Waals surface area contributed by atoms with Gasteiger partial charge in [-0.3, -0.25) is 0 Å². The van der Waals surface area contributed by atoms with Crippen molar-refractivity contribution in [2.24, 2.45) is 0 Å². The average Bonchev–Trinajstić information content (AvgIpc) is 2.54. The number of rotatable bonds is 1. The summed E-state index contributed by atoms with van der Waals surface area (Å²) in [7, 11) is 0. The van der Waals surface area contributed by atoms with Gasteiger partial charge in [-0.25, -0.2) is 0 Å². The van der Waals surface area contributed by atoms with Crippen molar-refractivity contribution >= 4 is 22.5 Å². The van der Waals surface area contributed by atoms with Crippen LogP contribution in [0.5, 0.6) is 0 Å². The lowest BCUT2D eigenvalue weighted by Crippen LogP contribution is -1.96. The fraction of sp³-hybridized carbons (Fsp3) is 0.100. The maximum Gasteiger partial charge on any atom is 0.0400 e. The lowest BCUT2D eigenvalue weighted by molar-refractivity contribution is 0.986. The Morgan fingerprint density at radius 2 is 1.67 bits per heavy atom. The molecule has 0 spiro atoms. The first-order valence-corrected chi connectivity index (χ1v) is 7.39. The van der Waals surface area contributed by atoms with E-state index in [4.69, 9.17) is 5.73 Å². The third kappa shape index (κ3) is 2.11. The van der Waals surface area contributed by atoms with Crippen LogP contribution in [0, 0.1) is 0 Å². The summed E-state index contributed by atoms with van der Waals surface area (Å²) in [6.07, 6.45) is 6.70. The van der Waals surface area contributed by atoms with Gasteiger partial charge in [-0.15, -0.1) is 0 Å². The molecule has 1 heteroatoms. The molecule has 3 aromatic rings. The molecular weight excluding hydrogens is 254 g/mol. The average molecular weight is 271 g/mol. The molecular formula is C20H17N. The van der Waals surface area contributed by atoms with Gasteiger partial charge in [0.25, 0.3) is 0 Å². The molecule has 0 bridgehead atoms. The Morgan fingerprint density at radius 1 is 0.857 bits per heavy atom. The van der Waals surface area contributed by atoms with Crippen LogP contribution in [0.3, 0.4) is 0 Å². The molecule has 0 radical (unpaired) electrons. The topological polar surface area (TPSA) is 26.0 Å². The standard InChI is InChI=1S/C20H17N/c21-20-13-17-8-4-3-7-16(17)12-19(20)18-10-9-14-5-1-2-6-15(14)11-18/h1,3-5,7-13H,2,6,21H2. The number of fused-ring (bicyclic) bond motifs is 2. The molecule has 2 N–H and O–H groups in total. The number of allylic oxidation sites excluding steroid dienone is 1. The summed E-state index contributed by atoms with van der Waals surface area (Å²) in [4.78, 5) is 0. The molecule has 21 heavy (non-hydrogen) atoms. The first kappa shape index (κ1) is 12.2. The van der Waals surface area contributed by atoms with Gasteiger partial charge < -0.3 is 5.73 Å². The Labute approximate surface area is 124 Å². The van der Waals surface area contributed by atoms with Gasteiger partial charge in [0, 0.05) is 11.3 Å². The molecule has 102 valence electrons. The van der Waals surface area contributed by atoms with Gasteiger partial charge in [0.05, 0.1) is 0 Å². The van der Waals surface area contributed by atoms with E-state index >= 15 is 0 Å². The third-order valence-corrected chi connectivity index (χ3v) is 4.25. The highest BCUT2D eigenvalue weighted by Crippen LogP contribution is 2.33. The molecule has 0 fully saturated rings. The van der Waals surface area contributed by atoms with Crippen molar-refractivity contribution in [1.82, 2.24) is 0 Å². The second-order valence-electron chi connectivity index (χ2n) is 5.64. The number of aryl methyl sites for hydroxylation is 1. The summed E-state index contributed by atoms with van der Waals surface area (Å²) in [5.41, 5.74) is 12.2. The van der Waals surface area contributed by atoms with E-state index in [1.807, 2.05) is 6.07 Å². The molecule has 0 saturated carbocycles. The zero-order valence-electron chi connectivity index (χ0n) is 11.8. The van der Waals surface area contributed by atoms with Crippen LogP contribution < -0.4 is 5.73 Å². The molecule has 0 unspecified atom stereocenters. The normalized spacial score (nSPS) is 13.3. The third-order valence-electron chi connectivity index (χ3n) is 4.25. The number of anilines is 1. The quantitative estimate of drug-likeness (QED) is 0.616. The van der Waals surface area contributed by atoms with Crippen LogP contribution in [0.15, 0.2) is 60.7 Å². The molecule has 0 aromatic heterocycles. The SMILES string of the molecule is Nc1cc2ccccc2cc1-c1ccc2c(c1)CCC=C2. The maximum absolute atomic E-state index is 6.28. The molecule has 1 aliphatic rings. The van der Waals surface area contributed by atoms with Crippen molar-refractivity contribution in [3.8, 4) is 11.1 Å². The molecule has 1 nitrogen and oxygen atoms in total. The van der Waals surface area contributed by atoms with E-state index in [2.05, 4.69) is 60.7 Å². The van der Waals surface area contributed by atoms with Crippen molar-refractivity contribution in [2.45, 2.75) is 12.8 Å². The second-order valence-corrected chi connectivity index (χ2v) is 5.64. The number of hydrogen-bond acceptors (Lipinski definition) is 1. The molecule has 3 aromatic carbocycles. The number of hydrogen-bond donors (Lipinski definition) is 1. The van der Waals surface area contributed by atoms with Crippen molar-refractivity contribution in [3.05, 3.63) is 71.8 Å². The summed E-state index contributed by atoms with van der Waals surface area (Å²) in [6, 6.07) is 19.3. The highest BCUT2D eigenvalue weighted by molar-refractivity contribution is 5.93. The van der Waals surface area contributed by atoms with Gasteiger partial charge in [0.1, 0.15) is 0 Å². The maximum atomic E-state index is 6.28. The molecule has 4 rings (SSSR count). The van der Waals surface area contributed by atoms with Crippen LogP contribution in [-0.4, -0.2) is 0 Å². The van der Waals surface area contributed by atoms with Crippen LogP contribution >= 0.6 is 0 Å². The molecule has 0 atom stereocenters. The predicted octanol–water partition coefficient (Wildman–Crippen LogP) is 5.05. The van der Waals surface area contributed by atoms with Crippen LogP contribution in [0.4, 0.5) is 5.69 Å². The van der Waals surface area contributed by atoms with Crippen LogP contribution in [0.2, 0.25) is 0 Å². The minimum atomic E-state index is 0.847. The smallest absolute Gasteiger partial charge is 0.0400 e. The van der Waals surface area contributed by atoms with Gasteiger partial charge >= 0.3 is 0 Å². The Balaban J connectivity index is 1.90. The largest absolute Gasteiger partial charge is 0.398 e. The van der Waals surface area contributed by atoms with Crippen molar-refractivity contribution in [2.75, 3.05) is 5.73 Å². The van der Waals surface area contributed by atoms with Crippen LogP contribution in [0.25, 0.3) is 28.0 Å². The van der Waals surface area contributed by atoms with Crippen molar-refractivity contribution in [1.29, 1.82) is 0 Å². The van der Waals surface area contributed by atoms with E-state index in [1.54, 1.807) is 0 Å². The van der Waals surface area contributed by atoms with Crippen LogP contribution in [0.1, 0.15) is 17.5 Å². The predicted molar refractivity (Wildman–Crippen MR) is 91.2 cm³/mol. The Hall–Kier alpha value is -2.54. The van der Waals surface area contributed by atoms with Crippen molar-refractivity contribution in [3.63, 3.8) is 0 Å². The van der Waals surface area contributed by atoms with Gasteiger partial charge in [0.2, 0.25) is 0 Å². The molecule has 0 heterocycles. The van der Waals surface area contributed by atoms with Crippen LogP contribution in [-0.2, 0) is 6.42 Å².